The first-order chi connectivity index (χ1) is 4.41. The zero-order chi connectivity index (χ0) is 6.95. The summed E-state index contributed by atoms with van der Waals surface area (Å²) in [6.45, 7) is 1.63. The maximum absolute atomic E-state index is 8.99. The molecule has 0 radical (unpaired) electrons. The number of nitrogens with zero attached hydrogens (tertiary/aromatic N) is 1. The fourth-order valence-corrected chi connectivity index (χ4v) is 0.215. The Labute approximate surface area is 53.4 Å². The van der Waals surface area contributed by atoms with Crippen LogP contribution in [0, 0.1) is 0 Å². The van der Waals surface area contributed by atoms with Crippen molar-refractivity contribution in [1.82, 2.24) is 9.97 Å². The summed E-state index contributed by atoms with van der Waals surface area (Å²) in [6, 6.07) is 0. The van der Waals surface area contributed by atoms with Crippen LogP contribution in [0.4, 0.5) is 0 Å². The van der Waals surface area contributed by atoms with E-state index in [0.717, 1.165) is 0 Å². The molecule has 0 aromatic carbocycles. The Balaban J connectivity index is 0.000000148. The van der Waals surface area contributed by atoms with Crippen LogP contribution in [0.25, 0.3) is 0 Å². The second-order valence-electron chi connectivity index (χ2n) is 1.17. The van der Waals surface area contributed by atoms with E-state index in [0.29, 0.717) is 0 Å². The number of nitrogens with one attached hydrogen (secondary N) is 1. The highest BCUT2D eigenvalue weighted by molar-refractivity contribution is 5.43. The third kappa shape index (κ3) is 6.66. The van der Waals surface area contributed by atoms with Crippen molar-refractivity contribution in [1.29, 1.82) is 0 Å². The molecule has 0 atom stereocenters. The number of hydrogen-bond donors (Lipinski definition) is 1. The molecule has 0 spiro atoms. The quantitative estimate of drug-likeness (QED) is 0.520. The van der Waals surface area contributed by atoms with Crippen molar-refractivity contribution >= 4 is 5.94 Å². The monoisotopic (exact) mass is 124 g/mol. The molecule has 1 N–H and O–H groups in total. The number of hydrogen-bond acceptors (Lipinski definition) is 2. The molecule has 0 bridgehead atoms. The Morgan fingerprint density at radius 2 is 2.44 bits per heavy atom. The van der Waals surface area contributed by atoms with Gasteiger partial charge < -0.3 is 4.98 Å². The summed E-state index contributed by atoms with van der Waals surface area (Å²) < 4.78 is 0. The van der Waals surface area contributed by atoms with Crippen molar-refractivity contribution < 1.29 is 4.79 Å². The molecule has 3 heteroatoms. The Hall–Kier alpha value is -1.34. The van der Waals surface area contributed by atoms with E-state index in [2.05, 4.69) is 9.97 Å². The summed E-state index contributed by atoms with van der Waals surface area (Å²) in [5.41, 5.74) is 0. The van der Waals surface area contributed by atoms with Gasteiger partial charge in [0.2, 0.25) is 0 Å². The van der Waals surface area contributed by atoms with Gasteiger partial charge in [0, 0.05) is 12.4 Å². The van der Waals surface area contributed by atoms with Gasteiger partial charge in [-0.2, -0.15) is 0 Å². The van der Waals surface area contributed by atoms with Crippen LogP contribution >= 0.6 is 0 Å². The van der Waals surface area contributed by atoms with E-state index in [1.165, 1.54) is 6.08 Å². The third-order valence-electron chi connectivity index (χ3n) is 0.524. The number of allylic oxidation sites excluding steroid dienone is 1. The molecule has 1 aromatic heterocycles. The largest absolute Gasteiger partial charge is 0.351 e. The van der Waals surface area contributed by atoms with Crippen molar-refractivity contribution in [2.45, 2.75) is 6.92 Å². The standard InChI is InChI=1S/C3H4N2.C3H4O/c1-2-5-3-4-1;1-2-3-4/h1-3H,(H,4,5);2H,1H3. The first-order valence-corrected chi connectivity index (χ1v) is 2.50. The maximum atomic E-state index is 8.99. The highest BCUT2D eigenvalue weighted by Crippen LogP contribution is 1.62. The maximum Gasteiger partial charge on any atom is 0.119 e. The van der Waals surface area contributed by atoms with Gasteiger partial charge >= 0.3 is 0 Å². The minimum Gasteiger partial charge on any atom is -0.351 e. The zero-order valence-electron chi connectivity index (χ0n) is 5.16. The van der Waals surface area contributed by atoms with E-state index < -0.39 is 0 Å². The minimum absolute atomic E-state index is 1.32. The van der Waals surface area contributed by atoms with Crippen molar-refractivity contribution in [3.63, 3.8) is 0 Å². The summed E-state index contributed by atoms with van der Waals surface area (Å²) in [6.07, 6.45) is 6.40. The van der Waals surface area contributed by atoms with Crippen LogP contribution in [-0.4, -0.2) is 15.9 Å². The number of rotatable bonds is 0. The average Bonchev–Trinajstić information content (AvgIpc) is 2.43. The van der Waals surface area contributed by atoms with E-state index in [9.17, 15) is 0 Å². The van der Waals surface area contributed by atoms with E-state index in [-0.39, 0.29) is 0 Å². The Kier molecular flexibility index (Phi) is 5.67. The zero-order valence-corrected chi connectivity index (χ0v) is 5.16. The van der Waals surface area contributed by atoms with Gasteiger partial charge in [0.05, 0.1) is 6.33 Å². The molecule has 1 rings (SSSR count). The van der Waals surface area contributed by atoms with Crippen LogP contribution in [0.2, 0.25) is 0 Å². The molecule has 3 nitrogen and oxygen atoms in total. The lowest BCUT2D eigenvalue weighted by molar-refractivity contribution is 0.568. The van der Waals surface area contributed by atoms with E-state index >= 15 is 0 Å². The average molecular weight is 124 g/mol. The summed E-state index contributed by atoms with van der Waals surface area (Å²) in [7, 11) is 0. The van der Waals surface area contributed by atoms with Gasteiger partial charge in [-0.3, -0.25) is 0 Å². The molecule has 0 aliphatic rings. The smallest absolute Gasteiger partial charge is 0.119 e. The van der Waals surface area contributed by atoms with Crippen LogP contribution in [0.1, 0.15) is 6.92 Å². The molecule has 0 amide bonds. The first-order valence-electron chi connectivity index (χ1n) is 2.50. The Morgan fingerprint density at radius 3 is 2.56 bits per heavy atom. The van der Waals surface area contributed by atoms with Crippen LogP contribution in [0.5, 0.6) is 0 Å². The summed E-state index contributed by atoms with van der Waals surface area (Å²) in [4.78, 5) is 15.4. The SMILES string of the molecule is CC=C=O.c1c[nH]cn1. The Morgan fingerprint density at radius 1 is 1.78 bits per heavy atom. The van der Waals surface area contributed by atoms with Crippen molar-refractivity contribution in [2.75, 3.05) is 0 Å². The summed E-state index contributed by atoms with van der Waals surface area (Å²) >= 11 is 0. The lowest BCUT2D eigenvalue weighted by Gasteiger charge is -1.46. The molecule has 48 valence electrons. The van der Waals surface area contributed by atoms with Gasteiger partial charge in [0.1, 0.15) is 5.94 Å². The van der Waals surface area contributed by atoms with Gasteiger partial charge in [0.15, 0.2) is 0 Å². The molecule has 0 fully saturated rings. The highest BCUT2D eigenvalue weighted by Gasteiger charge is 1.56. The van der Waals surface area contributed by atoms with Crippen LogP contribution in [0.3, 0.4) is 0 Å². The van der Waals surface area contributed by atoms with Gasteiger partial charge in [-0.1, -0.05) is 0 Å². The molecule has 9 heavy (non-hydrogen) atoms. The lowest BCUT2D eigenvalue weighted by atomic mass is 10.8. The molecule has 0 aliphatic heterocycles. The third-order valence-corrected chi connectivity index (χ3v) is 0.524. The van der Waals surface area contributed by atoms with Crippen LogP contribution in [0.15, 0.2) is 24.8 Å². The summed E-state index contributed by atoms with van der Waals surface area (Å²) in [5.74, 6) is 1.56. The van der Waals surface area contributed by atoms with Crippen molar-refractivity contribution in [3.8, 4) is 0 Å². The molecule has 1 aromatic rings. The molecule has 0 aliphatic carbocycles. The topological polar surface area (TPSA) is 45.8 Å². The predicted molar refractivity (Wildman–Crippen MR) is 34.5 cm³/mol. The highest BCUT2D eigenvalue weighted by atomic mass is 16.1. The van der Waals surface area contributed by atoms with E-state index in [1.54, 1.807) is 31.6 Å². The first kappa shape index (κ1) is 7.66. The number of aromatic nitrogens is 2. The van der Waals surface area contributed by atoms with Crippen LogP contribution in [-0.2, 0) is 4.79 Å². The van der Waals surface area contributed by atoms with Gasteiger partial charge in [-0.05, 0) is 13.0 Å². The van der Waals surface area contributed by atoms with Crippen molar-refractivity contribution in [2.24, 2.45) is 0 Å². The number of aromatic amines is 1. The van der Waals surface area contributed by atoms with E-state index in [1.807, 2.05) is 0 Å². The predicted octanol–water partition coefficient (Wildman–Crippen LogP) is 0.804. The van der Waals surface area contributed by atoms with E-state index in [4.69, 9.17) is 4.79 Å². The molecular formula is C6H8N2O. The summed E-state index contributed by atoms with van der Waals surface area (Å²) in [5, 5.41) is 0. The lowest BCUT2D eigenvalue weighted by Crippen LogP contribution is -1.44. The van der Waals surface area contributed by atoms with Gasteiger partial charge in [0.25, 0.3) is 0 Å². The Bertz CT molecular complexity index is 146. The van der Waals surface area contributed by atoms with Gasteiger partial charge in [-0.15, -0.1) is 0 Å². The molecule has 1 heterocycles. The molecule has 0 saturated heterocycles. The number of imidazole rings is 1. The minimum atomic E-state index is 1.32. The second kappa shape index (κ2) is 6.66. The fourth-order valence-electron chi connectivity index (χ4n) is 0.215. The number of carbonyl (C=O) groups excluding carboxylic acids is 1. The normalized spacial score (nSPS) is 6.33. The molecule has 0 saturated carbocycles. The van der Waals surface area contributed by atoms with Crippen molar-refractivity contribution in [3.05, 3.63) is 24.8 Å². The fraction of sp³-hybridized carbons (Fsp3) is 0.167. The van der Waals surface area contributed by atoms with Gasteiger partial charge in [-0.25, -0.2) is 9.78 Å². The second-order valence-corrected chi connectivity index (χ2v) is 1.17. The molecular weight excluding hydrogens is 116 g/mol. The molecule has 0 unspecified atom stereocenters. The number of H-pyrrole nitrogens is 1. The van der Waals surface area contributed by atoms with Crippen LogP contribution < -0.4 is 0 Å².